The predicted molar refractivity (Wildman–Crippen MR) is 49.5 cm³/mol. The number of benzene rings is 1. The highest BCUT2D eigenvalue weighted by atomic mass is 19.3. The SMILES string of the molecule is FC(F)Oc1cccc(-c2c[nH][c]n2)c1. The molecule has 0 spiro atoms. The van der Waals surface area contributed by atoms with E-state index in [1.165, 1.54) is 12.1 Å². The van der Waals surface area contributed by atoms with Crippen LogP contribution in [0.2, 0.25) is 0 Å². The highest BCUT2D eigenvalue weighted by Crippen LogP contribution is 2.22. The average molecular weight is 209 g/mol. The molecule has 0 amide bonds. The van der Waals surface area contributed by atoms with Crippen molar-refractivity contribution >= 4 is 0 Å². The number of halogens is 2. The van der Waals surface area contributed by atoms with Crippen LogP contribution in [-0.2, 0) is 0 Å². The van der Waals surface area contributed by atoms with E-state index >= 15 is 0 Å². The van der Waals surface area contributed by atoms with E-state index in [1.54, 1.807) is 18.3 Å². The Morgan fingerprint density at radius 1 is 1.40 bits per heavy atom. The summed E-state index contributed by atoms with van der Waals surface area (Å²) in [6, 6.07) is 6.34. The van der Waals surface area contributed by atoms with Crippen LogP contribution >= 0.6 is 0 Å². The van der Waals surface area contributed by atoms with Crippen LogP contribution in [0.15, 0.2) is 30.5 Å². The van der Waals surface area contributed by atoms with E-state index in [4.69, 9.17) is 0 Å². The standard InChI is InChI=1S/C10H7F2N2O/c11-10(12)15-8-3-1-2-7(4-8)9-5-13-6-14-9/h1-5,10H,(H,13,14). The highest BCUT2D eigenvalue weighted by Gasteiger charge is 2.06. The van der Waals surface area contributed by atoms with Gasteiger partial charge in [-0.25, -0.2) is 4.98 Å². The number of hydrogen-bond donors (Lipinski definition) is 1. The first-order valence-electron chi connectivity index (χ1n) is 4.22. The summed E-state index contributed by atoms with van der Waals surface area (Å²) < 4.78 is 28.2. The first kappa shape index (κ1) is 9.64. The molecular formula is C10H7F2N2O. The maximum absolute atomic E-state index is 11.9. The van der Waals surface area contributed by atoms with E-state index in [2.05, 4.69) is 21.0 Å². The molecule has 0 saturated carbocycles. The Bertz CT molecular complexity index is 429. The number of hydrogen-bond acceptors (Lipinski definition) is 2. The van der Waals surface area contributed by atoms with Crippen molar-refractivity contribution in [2.45, 2.75) is 6.61 Å². The topological polar surface area (TPSA) is 37.9 Å². The van der Waals surface area contributed by atoms with Crippen LogP contribution in [-0.4, -0.2) is 16.6 Å². The largest absolute Gasteiger partial charge is 0.435 e. The van der Waals surface area contributed by atoms with Gasteiger partial charge in [0, 0.05) is 11.8 Å². The van der Waals surface area contributed by atoms with Gasteiger partial charge in [-0.1, -0.05) is 12.1 Å². The molecule has 1 N–H and O–H groups in total. The van der Waals surface area contributed by atoms with E-state index in [0.717, 1.165) is 0 Å². The quantitative estimate of drug-likeness (QED) is 0.843. The molecule has 2 aromatic rings. The molecule has 15 heavy (non-hydrogen) atoms. The molecule has 0 saturated heterocycles. The van der Waals surface area contributed by atoms with Gasteiger partial charge in [-0.15, -0.1) is 0 Å². The summed E-state index contributed by atoms with van der Waals surface area (Å²) in [5, 5.41) is 0. The molecular weight excluding hydrogens is 202 g/mol. The first-order chi connectivity index (χ1) is 7.25. The minimum absolute atomic E-state index is 0.116. The van der Waals surface area contributed by atoms with Gasteiger partial charge < -0.3 is 9.72 Å². The summed E-state index contributed by atoms with van der Waals surface area (Å²) in [6.07, 6.45) is 4.15. The lowest BCUT2D eigenvalue weighted by Gasteiger charge is -2.04. The molecule has 0 aliphatic rings. The molecule has 1 heterocycles. The molecule has 2 rings (SSSR count). The number of aromatic nitrogens is 2. The lowest BCUT2D eigenvalue weighted by Crippen LogP contribution is -2.01. The average Bonchev–Trinajstić information content (AvgIpc) is 2.69. The maximum Gasteiger partial charge on any atom is 0.387 e. The smallest absolute Gasteiger partial charge is 0.387 e. The number of aromatic amines is 1. The Kier molecular flexibility index (Phi) is 2.62. The van der Waals surface area contributed by atoms with Crippen LogP contribution in [0.25, 0.3) is 11.3 Å². The Morgan fingerprint density at radius 3 is 2.93 bits per heavy atom. The van der Waals surface area contributed by atoms with Crippen molar-refractivity contribution in [3.8, 4) is 17.0 Å². The summed E-state index contributed by atoms with van der Waals surface area (Å²) in [4.78, 5) is 6.55. The minimum Gasteiger partial charge on any atom is -0.435 e. The second-order valence-electron chi connectivity index (χ2n) is 2.80. The number of rotatable bonds is 3. The molecule has 5 heteroatoms. The van der Waals surface area contributed by atoms with Crippen molar-refractivity contribution in [1.82, 2.24) is 9.97 Å². The zero-order valence-electron chi connectivity index (χ0n) is 7.58. The normalized spacial score (nSPS) is 10.6. The van der Waals surface area contributed by atoms with Gasteiger partial charge >= 0.3 is 6.61 Å². The minimum atomic E-state index is -2.81. The molecule has 0 unspecified atom stereocenters. The molecule has 3 nitrogen and oxygen atoms in total. The molecule has 0 bridgehead atoms. The van der Waals surface area contributed by atoms with E-state index in [0.29, 0.717) is 11.3 Å². The van der Waals surface area contributed by atoms with E-state index in [1.807, 2.05) is 0 Å². The van der Waals surface area contributed by atoms with E-state index in [-0.39, 0.29) is 5.75 Å². The van der Waals surface area contributed by atoms with Crippen molar-refractivity contribution in [3.05, 3.63) is 36.8 Å². The molecule has 1 aromatic carbocycles. The van der Waals surface area contributed by atoms with Gasteiger partial charge in [0.25, 0.3) is 0 Å². The lowest BCUT2D eigenvalue weighted by molar-refractivity contribution is -0.0498. The second-order valence-corrected chi connectivity index (χ2v) is 2.80. The fourth-order valence-corrected chi connectivity index (χ4v) is 1.20. The molecule has 77 valence electrons. The van der Waals surface area contributed by atoms with Crippen molar-refractivity contribution in [1.29, 1.82) is 0 Å². The summed E-state index contributed by atoms with van der Waals surface area (Å²) in [7, 11) is 0. The van der Waals surface area contributed by atoms with Gasteiger partial charge in [-0.2, -0.15) is 8.78 Å². The van der Waals surface area contributed by atoms with Gasteiger partial charge in [-0.3, -0.25) is 0 Å². The molecule has 0 aliphatic heterocycles. The van der Waals surface area contributed by atoms with Crippen LogP contribution in [0.4, 0.5) is 8.78 Å². The van der Waals surface area contributed by atoms with Crippen LogP contribution in [0.1, 0.15) is 0 Å². The summed E-state index contributed by atoms with van der Waals surface area (Å²) in [5.74, 6) is 0.116. The summed E-state index contributed by atoms with van der Waals surface area (Å²) >= 11 is 0. The number of nitrogens with one attached hydrogen (secondary N) is 1. The van der Waals surface area contributed by atoms with Gasteiger partial charge in [0.1, 0.15) is 5.75 Å². The molecule has 0 fully saturated rings. The third kappa shape index (κ3) is 2.31. The Hall–Kier alpha value is -1.91. The zero-order chi connectivity index (χ0) is 10.7. The summed E-state index contributed by atoms with van der Waals surface area (Å²) in [5.41, 5.74) is 1.33. The van der Waals surface area contributed by atoms with Crippen LogP contribution in [0, 0.1) is 6.33 Å². The zero-order valence-corrected chi connectivity index (χ0v) is 7.58. The number of ether oxygens (including phenoxy) is 1. The van der Waals surface area contributed by atoms with Crippen LogP contribution in [0.5, 0.6) is 5.75 Å². The van der Waals surface area contributed by atoms with E-state index < -0.39 is 6.61 Å². The van der Waals surface area contributed by atoms with Crippen molar-refractivity contribution < 1.29 is 13.5 Å². The van der Waals surface area contributed by atoms with Crippen molar-refractivity contribution in [2.24, 2.45) is 0 Å². The molecule has 0 aliphatic carbocycles. The molecule has 1 aromatic heterocycles. The maximum atomic E-state index is 11.9. The fraction of sp³-hybridized carbons (Fsp3) is 0.100. The third-order valence-corrected chi connectivity index (χ3v) is 1.80. The molecule has 1 radical (unpaired) electrons. The fourth-order valence-electron chi connectivity index (χ4n) is 1.20. The molecule has 0 atom stereocenters. The Morgan fingerprint density at radius 2 is 2.27 bits per heavy atom. The van der Waals surface area contributed by atoms with Crippen LogP contribution in [0.3, 0.4) is 0 Å². The number of alkyl halides is 2. The first-order valence-corrected chi connectivity index (χ1v) is 4.22. The monoisotopic (exact) mass is 209 g/mol. The van der Waals surface area contributed by atoms with Gasteiger partial charge in [0.15, 0.2) is 6.33 Å². The number of imidazole rings is 1. The predicted octanol–water partition coefficient (Wildman–Crippen LogP) is 2.48. The lowest BCUT2D eigenvalue weighted by atomic mass is 10.1. The number of H-pyrrole nitrogens is 1. The highest BCUT2D eigenvalue weighted by molar-refractivity contribution is 5.60. The van der Waals surface area contributed by atoms with Crippen molar-refractivity contribution in [2.75, 3.05) is 0 Å². The van der Waals surface area contributed by atoms with Gasteiger partial charge in [-0.05, 0) is 12.1 Å². The van der Waals surface area contributed by atoms with Gasteiger partial charge in [0.2, 0.25) is 0 Å². The third-order valence-electron chi connectivity index (χ3n) is 1.80. The van der Waals surface area contributed by atoms with Gasteiger partial charge in [0.05, 0.1) is 5.69 Å². The van der Waals surface area contributed by atoms with Crippen LogP contribution < -0.4 is 4.74 Å². The second kappa shape index (κ2) is 4.08. The Balaban J connectivity index is 2.27. The summed E-state index contributed by atoms with van der Waals surface area (Å²) in [6.45, 7) is -2.81. The Labute approximate surface area is 84.7 Å². The van der Waals surface area contributed by atoms with E-state index in [9.17, 15) is 8.78 Å². The number of nitrogens with zero attached hydrogens (tertiary/aromatic N) is 1. The van der Waals surface area contributed by atoms with Crippen molar-refractivity contribution in [3.63, 3.8) is 0 Å².